The molecular formula is C10H26N2O5Si. The van der Waals surface area contributed by atoms with Crippen molar-refractivity contribution in [2.45, 2.75) is 13.3 Å². The van der Waals surface area contributed by atoms with Gasteiger partial charge in [-0.05, 0) is 19.0 Å². The van der Waals surface area contributed by atoms with Crippen LogP contribution in [0.3, 0.4) is 0 Å². The number of rotatable bonds is 5. The first-order valence-electron chi connectivity index (χ1n) is 5.76. The molecule has 4 N–H and O–H groups in total. The summed E-state index contributed by atoms with van der Waals surface area (Å²) in [5, 5.41) is 10.8. The molecule has 0 radical (unpaired) electrons. The van der Waals surface area contributed by atoms with Crippen molar-refractivity contribution in [1.29, 1.82) is 0 Å². The van der Waals surface area contributed by atoms with Gasteiger partial charge in [-0.2, -0.15) is 0 Å². The number of hydrogen-bond donors (Lipinski definition) is 3. The van der Waals surface area contributed by atoms with Crippen LogP contribution in [0.1, 0.15) is 13.3 Å². The Morgan fingerprint density at radius 2 is 1.72 bits per heavy atom. The molecule has 0 aromatic rings. The monoisotopic (exact) mass is 282 g/mol. The lowest BCUT2D eigenvalue weighted by atomic mass is 10.0. The molecule has 7 nitrogen and oxygen atoms in total. The number of aliphatic carboxylic acids is 1. The van der Waals surface area contributed by atoms with E-state index in [1.807, 2.05) is 0 Å². The fourth-order valence-corrected chi connectivity index (χ4v) is 1.50. The molecule has 1 rings (SSSR count). The van der Waals surface area contributed by atoms with Gasteiger partial charge < -0.3 is 29.4 Å². The standard InChI is InChI=1S/C5H11N.C3H10O3Si.C2H5NO2/c1-2-5-3-6-4-5;1-4-7(5-2)6-3;3-1-2(4)5/h5-6H,2-4H2,1H3;7H,1-3H3;1,3H2,(H,4,5). The molecule has 18 heavy (non-hydrogen) atoms. The molecule has 110 valence electrons. The van der Waals surface area contributed by atoms with Crippen LogP contribution in [0.4, 0.5) is 0 Å². The highest BCUT2D eigenvalue weighted by atomic mass is 28.3. The molecule has 0 atom stereocenters. The predicted molar refractivity (Wildman–Crippen MR) is 71.5 cm³/mol. The molecule has 0 unspecified atom stereocenters. The zero-order chi connectivity index (χ0) is 14.4. The fraction of sp³-hybridized carbons (Fsp3) is 0.900. The van der Waals surface area contributed by atoms with Crippen molar-refractivity contribution in [3.05, 3.63) is 0 Å². The topological polar surface area (TPSA) is 103 Å². The van der Waals surface area contributed by atoms with Crippen LogP contribution in [0.15, 0.2) is 0 Å². The first-order valence-corrected chi connectivity index (χ1v) is 7.17. The molecule has 1 fully saturated rings. The molecule has 0 bridgehead atoms. The van der Waals surface area contributed by atoms with Crippen LogP contribution in [-0.4, -0.2) is 61.6 Å². The van der Waals surface area contributed by atoms with E-state index >= 15 is 0 Å². The van der Waals surface area contributed by atoms with Crippen LogP contribution in [0.25, 0.3) is 0 Å². The van der Waals surface area contributed by atoms with E-state index in [1.54, 1.807) is 21.3 Å². The predicted octanol–water partition coefficient (Wildman–Crippen LogP) is -0.712. The average molecular weight is 282 g/mol. The molecule has 0 saturated carbocycles. The van der Waals surface area contributed by atoms with Gasteiger partial charge in [0.05, 0.1) is 6.54 Å². The quantitative estimate of drug-likeness (QED) is 0.572. The second-order valence-electron chi connectivity index (χ2n) is 3.53. The maximum Gasteiger partial charge on any atom is 0.483 e. The first kappa shape index (κ1) is 19.8. The van der Waals surface area contributed by atoms with Gasteiger partial charge >= 0.3 is 15.5 Å². The van der Waals surface area contributed by atoms with E-state index in [4.69, 9.17) is 18.4 Å². The molecular weight excluding hydrogens is 256 g/mol. The lowest BCUT2D eigenvalue weighted by Gasteiger charge is -2.25. The highest BCUT2D eigenvalue weighted by molar-refractivity contribution is 6.36. The van der Waals surface area contributed by atoms with Gasteiger partial charge in [0.25, 0.3) is 0 Å². The van der Waals surface area contributed by atoms with Crippen molar-refractivity contribution in [3.63, 3.8) is 0 Å². The maximum atomic E-state index is 9.24. The highest BCUT2D eigenvalue weighted by Gasteiger charge is 2.12. The number of carbonyl (C=O) groups is 1. The van der Waals surface area contributed by atoms with Gasteiger partial charge in [-0.15, -0.1) is 0 Å². The zero-order valence-corrected chi connectivity index (χ0v) is 12.8. The Morgan fingerprint density at radius 1 is 1.33 bits per heavy atom. The summed E-state index contributed by atoms with van der Waals surface area (Å²) in [6, 6.07) is 0. The summed E-state index contributed by atoms with van der Waals surface area (Å²) >= 11 is 0. The Labute approximate surface area is 111 Å². The van der Waals surface area contributed by atoms with Crippen LogP contribution in [0.2, 0.25) is 0 Å². The number of carboxylic acids is 1. The van der Waals surface area contributed by atoms with Gasteiger partial charge in [0.2, 0.25) is 0 Å². The normalized spacial score (nSPS) is 13.9. The van der Waals surface area contributed by atoms with Crippen molar-refractivity contribution in [1.82, 2.24) is 5.32 Å². The van der Waals surface area contributed by atoms with Crippen LogP contribution in [0.5, 0.6) is 0 Å². The van der Waals surface area contributed by atoms with Crippen molar-refractivity contribution in [2.75, 3.05) is 41.0 Å². The third-order valence-corrected chi connectivity index (χ3v) is 3.35. The van der Waals surface area contributed by atoms with E-state index in [-0.39, 0.29) is 6.54 Å². The summed E-state index contributed by atoms with van der Waals surface area (Å²) in [5.41, 5.74) is 4.57. The molecule has 1 aliphatic rings. The average Bonchev–Trinajstić information content (AvgIpc) is 2.31. The molecule has 0 aromatic heterocycles. The number of nitrogens with one attached hydrogen (secondary N) is 1. The minimum absolute atomic E-state index is 0.278. The fourth-order valence-electron chi connectivity index (χ4n) is 0.926. The molecule has 0 spiro atoms. The van der Waals surface area contributed by atoms with E-state index in [2.05, 4.69) is 18.0 Å². The Morgan fingerprint density at radius 3 is 1.72 bits per heavy atom. The van der Waals surface area contributed by atoms with Crippen LogP contribution < -0.4 is 11.1 Å². The lowest BCUT2D eigenvalue weighted by Crippen LogP contribution is -2.41. The smallest absolute Gasteiger partial charge is 0.480 e. The number of nitrogens with two attached hydrogens (primary N) is 1. The molecule has 0 amide bonds. The Hall–Kier alpha value is -0.513. The van der Waals surface area contributed by atoms with Crippen LogP contribution >= 0.6 is 0 Å². The maximum absolute atomic E-state index is 9.24. The molecule has 1 aliphatic heterocycles. The van der Waals surface area contributed by atoms with Crippen molar-refractivity contribution >= 4 is 15.5 Å². The summed E-state index contributed by atoms with van der Waals surface area (Å²) in [7, 11) is 3.05. The van der Waals surface area contributed by atoms with Crippen molar-refractivity contribution in [2.24, 2.45) is 11.7 Å². The Balaban J connectivity index is 0. The summed E-state index contributed by atoms with van der Waals surface area (Å²) in [6.07, 6.45) is 1.35. The van der Waals surface area contributed by atoms with Gasteiger partial charge in [-0.3, -0.25) is 4.79 Å². The van der Waals surface area contributed by atoms with Crippen LogP contribution in [-0.2, 0) is 18.1 Å². The third-order valence-electron chi connectivity index (χ3n) is 2.20. The molecule has 0 aliphatic carbocycles. The summed E-state index contributed by atoms with van der Waals surface area (Å²) in [5.74, 6) is 0.0370. The summed E-state index contributed by atoms with van der Waals surface area (Å²) in [6.45, 7) is 4.48. The zero-order valence-electron chi connectivity index (χ0n) is 11.6. The van der Waals surface area contributed by atoms with E-state index in [9.17, 15) is 4.79 Å². The van der Waals surface area contributed by atoms with Gasteiger partial charge in [0.1, 0.15) is 0 Å². The minimum atomic E-state index is -1.67. The SMILES string of the molecule is CCC1CNC1.CO[SiH](OC)OC.NCC(=O)O. The lowest BCUT2D eigenvalue weighted by molar-refractivity contribution is -0.135. The van der Waals surface area contributed by atoms with Crippen LogP contribution in [0, 0.1) is 5.92 Å². The highest BCUT2D eigenvalue weighted by Crippen LogP contribution is 2.05. The number of carboxylic acid groups (broad SMARTS) is 1. The van der Waals surface area contributed by atoms with E-state index in [0.717, 1.165) is 5.92 Å². The first-order chi connectivity index (χ1) is 8.55. The second-order valence-corrected chi connectivity index (χ2v) is 5.52. The van der Waals surface area contributed by atoms with Gasteiger partial charge in [0, 0.05) is 21.3 Å². The van der Waals surface area contributed by atoms with E-state index in [0.29, 0.717) is 0 Å². The second kappa shape index (κ2) is 14.5. The van der Waals surface area contributed by atoms with Crippen molar-refractivity contribution in [3.8, 4) is 0 Å². The van der Waals surface area contributed by atoms with Gasteiger partial charge in [-0.25, -0.2) is 0 Å². The Bertz CT molecular complexity index is 181. The van der Waals surface area contributed by atoms with Crippen molar-refractivity contribution < 1.29 is 23.2 Å². The van der Waals surface area contributed by atoms with E-state index < -0.39 is 15.5 Å². The van der Waals surface area contributed by atoms with E-state index in [1.165, 1.54) is 19.5 Å². The molecule has 1 saturated heterocycles. The molecule has 0 aromatic carbocycles. The molecule has 1 heterocycles. The largest absolute Gasteiger partial charge is 0.483 e. The van der Waals surface area contributed by atoms with Gasteiger partial charge in [-0.1, -0.05) is 13.3 Å². The minimum Gasteiger partial charge on any atom is -0.480 e. The summed E-state index contributed by atoms with van der Waals surface area (Å²) < 4.78 is 14.2. The third kappa shape index (κ3) is 13.6. The number of hydrogen-bond acceptors (Lipinski definition) is 6. The molecule has 8 heteroatoms. The Kier molecular flexibility index (Phi) is 16.0. The summed E-state index contributed by atoms with van der Waals surface area (Å²) in [4.78, 5) is 9.24. The van der Waals surface area contributed by atoms with Gasteiger partial charge in [0.15, 0.2) is 0 Å².